The van der Waals surface area contributed by atoms with Crippen LogP contribution in [0.3, 0.4) is 0 Å². The number of aliphatic hydroxyl groups excluding tert-OH is 1. The van der Waals surface area contributed by atoms with Crippen LogP contribution < -0.4 is 0 Å². The average molecular weight is 198 g/mol. The van der Waals surface area contributed by atoms with Crippen molar-refractivity contribution in [2.24, 2.45) is 11.8 Å². The molecule has 3 atom stereocenters. The number of aliphatic hydroxyl groups is 1. The molecular formula is C11H18O3. The minimum Gasteiger partial charge on any atom is -0.481 e. The Morgan fingerprint density at radius 1 is 1.43 bits per heavy atom. The Kier molecular flexibility index (Phi) is 4.14. The molecule has 0 aliphatic heterocycles. The number of carboxylic acids is 1. The van der Waals surface area contributed by atoms with E-state index in [0.29, 0.717) is 19.3 Å². The maximum Gasteiger partial charge on any atom is 0.306 e. The van der Waals surface area contributed by atoms with Crippen LogP contribution in [0.1, 0.15) is 32.6 Å². The molecule has 3 nitrogen and oxygen atoms in total. The maximum absolute atomic E-state index is 10.9. The summed E-state index contributed by atoms with van der Waals surface area (Å²) in [6, 6.07) is 0. The zero-order chi connectivity index (χ0) is 10.6. The number of carboxylic acid groups (broad SMARTS) is 1. The molecule has 1 aliphatic rings. The molecule has 0 aromatic carbocycles. The number of aliphatic carboxylic acids is 1. The van der Waals surface area contributed by atoms with E-state index in [1.165, 1.54) is 0 Å². The number of hydrogen-bond donors (Lipinski definition) is 2. The summed E-state index contributed by atoms with van der Waals surface area (Å²) in [6.07, 6.45) is 6.45. The predicted octanol–water partition coefficient (Wildman–Crippen LogP) is 1.81. The first-order valence-corrected chi connectivity index (χ1v) is 5.22. The summed E-state index contributed by atoms with van der Waals surface area (Å²) in [5.74, 6) is -1.21. The van der Waals surface area contributed by atoms with Crippen LogP contribution in [0.5, 0.6) is 0 Å². The highest BCUT2D eigenvalue weighted by molar-refractivity contribution is 5.70. The Bertz CT molecular complexity index is 223. The van der Waals surface area contributed by atoms with Crippen LogP contribution >= 0.6 is 0 Å². The molecule has 1 aliphatic carbocycles. The number of hydrogen-bond acceptors (Lipinski definition) is 2. The van der Waals surface area contributed by atoms with Crippen molar-refractivity contribution in [3.05, 3.63) is 12.2 Å². The summed E-state index contributed by atoms with van der Waals surface area (Å²) >= 11 is 0. The molecule has 0 aromatic heterocycles. The minimum atomic E-state index is -0.767. The fraction of sp³-hybridized carbons (Fsp3) is 0.727. The van der Waals surface area contributed by atoms with E-state index in [-0.39, 0.29) is 11.8 Å². The zero-order valence-electron chi connectivity index (χ0n) is 8.52. The highest BCUT2D eigenvalue weighted by atomic mass is 16.4. The van der Waals surface area contributed by atoms with Crippen LogP contribution in [0.15, 0.2) is 12.2 Å². The molecule has 0 radical (unpaired) electrons. The van der Waals surface area contributed by atoms with Crippen molar-refractivity contribution in [3.63, 3.8) is 0 Å². The molecule has 3 unspecified atom stereocenters. The van der Waals surface area contributed by atoms with E-state index in [2.05, 4.69) is 0 Å². The lowest BCUT2D eigenvalue weighted by molar-refractivity contribution is -0.143. The van der Waals surface area contributed by atoms with E-state index >= 15 is 0 Å². The summed E-state index contributed by atoms with van der Waals surface area (Å²) in [7, 11) is 0. The Morgan fingerprint density at radius 3 is 2.71 bits per heavy atom. The topological polar surface area (TPSA) is 57.5 Å². The molecule has 1 fully saturated rings. The van der Waals surface area contributed by atoms with Gasteiger partial charge in [-0.05, 0) is 25.7 Å². The van der Waals surface area contributed by atoms with Gasteiger partial charge in [0.05, 0.1) is 12.0 Å². The standard InChI is InChI=1S/C11H18O3/c1-2-3-4-5-8-9(11(13)14)6-7-10(8)12/h3-4,8-10,12H,2,5-7H2,1H3,(H,13,14). The van der Waals surface area contributed by atoms with Crippen LogP contribution in [0.4, 0.5) is 0 Å². The summed E-state index contributed by atoms with van der Waals surface area (Å²) < 4.78 is 0. The summed E-state index contributed by atoms with van der Waals surface area (Å²) in [4.78, 5) is 10.9. The molecule has 3 heteroatoms. The SMILES string of the molecule is CCC=CCC1C(O)CCC1C(=O)O. The van der Waals surface area contributed by atoms with Crippen molar-refractivity contribution >= 4 is 5.97 Å². The van der Waals surface area contributed by atoms with E-state index < -0.39 is 12.1 Å². The van der Waals surface area contributed by atoms with Gasteiger partial charge in [0.2, 0.25) is 0 Å². The third-order valence-corrected chi connectivity index (χ3v) is 2.91. The first kappa shape index (κ1) is 11.2. The Hall–Kier alpha value is -0.830. The van der Waals surface area contributed by atoms with Gasteiger partial charge in [0.1, 0.15) is 0 Å². The number of rotatable bonds is 4. The lowest BCUT2D eigenvalue weighted by Crippen LogP contribution is -2.24. The highest BCUT2D eigenvalue weighted by Gasteiger charge is 2.38. The Labute approximate surface area is 84.4 Å². The lowest BCUT2D eigenvalue weighted by atomic mass is 9.91. The molecular weight excluding hydrogens is 180 g/mol. The summed E-state index contributed by atoms with van der Waals surface area (Å²) in [5, 5.41) is 18.5. The molecule has 80 valence electrons. The van der Waals surface area contributed by atoms with E-state index in [1.54, 1.807) is 0 Å². The normalized spacial score (nSPS) is 32.6. The first-order valence-electron chi connectivity index (χ1n) is 5.22. The van der Waals surface area contributed by atoms with Gasteiger partial charge >= 0.3 is 5.97 Å². The molecule has 1 saturated carbocycles. The second-order valence-electron chi connectivity index (χ2n) is 3.87. The van der Waals surface area contributed by atoms with E-state index in [4.69, 9.17) is 5.11 Å². The van der Waals surface area contributed by atoms with Gasteiger partial charge in [0.25, 0.3) is 0 Å². The van der Waals surface area contributed by atoms with Crippen molar-refractivity contribution in [2.75, 3.05) is 0 Å². The van der Waals surface area contributed by atoms with Crippen LogP contribution in [0.2, 0.25) is 0 Å². The summed E-state index contributed by atoms with van der Waals surface area (Å²) in [6.45, 7) is 2.04. The molecule has 0 bridgehead atoms. The Balaban J connectivity index is 2.53. The van der Waals surface area contributed by atoms with E-state index in [1.807, 2.05) is 19.1 Å². The molecule has 0 spiro atoms. The third kappa shape index (κ3) is 2.58. The summed E-state index contributed by atoms with van der Waals surface area (Å²) in [5.41, 5.74) is 0. The van der Waals surface area contributed by atoms with Crippen molar-refractivity contribution in [3.8, 4) is 0 Å². The monoisotopic (exact) mass is 198 g/mol. The van der Waals surface area contributed by atoms with Gasteiger partial charge in [0, 0.05) is 5.92 Å². The second-order valence-corrected chi connectivity index (χ2v) is 3.87. The third-order valence-electron chi connectivity index (χ3n) is 2.91. The molecule has 0 aromatic rings. The fourth-order valence-electron chi connectivity index (χ4n) is 2.09. The van der Waals surface area contributed by atoms with Gasteiger partial charge in [-0.2, -0.15) is 0 Å². The molecule has 2 N–H and O–H groups in total. The van der Waals surface area contributed by atoms with E-state index in [0.717, 1.165) is 6.42 Å². The smallest absolute Gasteiger partial charge is 0.306 e. The van der Waals surface area contributed by atoms with Gasteiger partial charge in [-0.25, -0.2) is 0 Å². The van der Waals surface area contributed by atoms with Gasteiger partial charge in [-0.3, -0.25) is 4.79 Å². The largest absolute Gasteiger partial charge is 0.481 e. The molecule has 0 amide bonds. The molecule has 1 rings (SSSR count). The Morgan fingerprint density at radius 2 is 2.14 bits per heavy atom. The van der Waals surface area contributed by atoms with Crippen molar-refractivity contribution < 1.29 is 15.0 Å². The average Bonchev–Trinajstić information content (AvgIpc) is 2.48. The maximum atomic E-state index is 10.9. The van der Waals surface area contributed by atoms with Gasteiger partial charge < -0.3 is 10.2 Å². The molecule has 0 heterocycles. The quantitative estimate of drug-likeness (QED) is 0.677. The predicted molar refractivity (Wildman–Crippen MR) is 53.9 cm³/mol. The van der Waals surface area contributed by atoms with Gasteiger partial charge in [0.15, 0.2) is 0 Å². The first-order chi connectivity index (χ1) is 6.66. The fourth-order valence-corrected chi connectivity index (χ4v) is 2.09. The minimum absolute atomic E-state index is 0.0877. The number of allylic oxidation sites excluding steroid dienone is 2. The van der Waals surface area contributed by atoms with Gasteiger partial charge in [-0.15, -0.1) is 0 Å². The second kappa shape index (κ2) is 5.15. The highest BCUT2D eigenvalue weighted by Crippen LogP contribution is 2.34. The molecule has 14 heavy (non-hydrogen) atoms. The molecule has 0 saturated heterocycles. The van der Waals surface area contributed by atoms with Crippen LogP contribution in [0.25, 0.3) is 0 Å². The van der Waals surface area contributed by atoms with E-state index in [9.17, 15) is 9.90 Å². The van der Waals surface area contributed by atoms with Crippen LogP contribution in [-0.4, -0.2) is 22.3 Å². The van der Waals surface area contributed by atoms with Crippen LogP contribution in [0, 0.1) is 11.8 Å². The van der Waals surface area contributed by atoms with Gasteiger partial charge in [-0.1, -0.05) is 19.1 Å². The zero-order valence-corrected chi connectivity index (χ0v) is 8.52. The van der Waals surface area contributed by atoms with Crippen molar-refractivity contribution in [1.29, 1.82) is 0 Å². The van der Waals surface area contributed by atoms with Crippen molar-refractivity contribution in [1.82, 2.24) is 0 Å². The van der Waals surface area contributed by atoms with Crippen molar-refractivity contribution in [2.45, 2.75) is 38.7 Å². The van der Waals surface area contributed by atoms with Crippen LogP contribution in [-0.2, 0) is 4.79 Å². The lowest BCUT2D eigenvalue weighted by Gasteiger charge is -2.16. The number of carbonyl (C=O) groups is 1.